The second kappa shape index (κ2) is 7.39. The van der Waals surface area contributed by atoms with Crippen molar-refractivity contribution in [1.82, 2.24) is 5.32 Å². The second-order valence-electron chi connectivity index (χ2n) is 3.77. The Kier molecular flexibility index (Phi) is 6.15. The average molecular weight is 409 g/mol. The summed E-state index contributed by atoms with van der Waals surface area (Å²) in [6.07, 6.45) is -0.441. The van der Waals surface area contributed by atoms with E-state index < -0.39 is 30.3 Å². The third-order valence-electron chi connectivity index (χ3n) is 2.37. The molecule has 0 radical (unpaired) electrons. The van der Waals surface area contributed by atoms with Gasteiger partial charge in [-0.15, -0.1) is 0 Å². The van der Waals surface area contributed by atoms with Gasteiger partial charge in [0.15, 0.2) is 0 Å². The highest BCUT2D eigenvalue weighted by Gasteiger charge is 2.25. The number of nitrogens with one attached hydrogen (secondary N) is 1. The molecule has 0 spiro atoms. The number of carbonyl (C=O) groups is 3. The molecule has 1 aromatic rings. The highest BCUT2D eigenvalue weighted by molar-refractivity contribution is 9.11. The number of rotatable bonds is 5. The van der Waals surface area contributed by atoms with Crippen molar-refractivity contribution in [2.45, 2.75) is 12.5 Å². The molecule has 0 saturated carbocycles. The number of hydrogen-bond acceptors (Lipinski definition) is 4. The molecule has 0 heterocycles. The maximum Gasteiger partial charge on any atom is 0.326 e. The number of halogens is 2. The number of aliphatic carboxylic acids is 1. The molecule has 1 rings (SSSR count). The van der Waals surface area contributed by atoms with Crippen LogP contribution >= 0.6 is 31.9 Å². The molecule has 0 saturated heterocycles. The first-order valence-corrected chi connectivity index (χ1v) is 6.99. The number of methoxy groups -OCH3 is 1. The summed E-state index contributed by atoms with van der Waals surface area (Å²) in [5.41, 5.74) is 0.260. The fourth-order valence-corrected chi connectivity index (χ4v) is 2.15. The van der Waals surface area contributed by atoms with Gasteiger partial charge < -0.3 is 15.2 Å². The first-order valence-electron chi connectivity index (χ1n) is 5.40. The Labute approximate surface area is 131 Å². The first kappa shape index (κ1) is 16.6. The highest BCUT2D eigenvalue weighted by atomic mass is 79.9. The van der Waals surface area contributed by atoms with Crippen LogP contribution in [0.2, 0.25) is 0 Å². The lowest BCUT2D eigenvalue weighted by Gasteiger charge is -2.14. The van der Waals surface area contributed by atoms with Crippen LogP contribution in [0, 0.1) is 0 Å². The van der Waals surface area contributed by atoms with Crippen molar-refractivity contribution in [2.24, 2.45) is 0 Å². The van der Waals surface area contributed by atoms with Crippen LogP contribution in [0.4, 0.5) is 0 Å². The fourth-order valence-electron chi connectivity index (χ4n) is 1.36. The number of carbonyl (C=O) groups excluding carboxylic acids is 2. The molecule has 6 nitrogen and oxygen atoms in total. The van der Waals surface area contributed by atoms with Crippen LogP contribution in [0.1, 0.15) is 16.8 Å². The van der Waals surface area contributed by atoms with E-state index in [2.05, 4.69) is 41.9 Å². The summed E-state index contributed by atoms with van der Waals surface area (Å²) in [7, 11) is 1.15. The smallest absolute Gasteiger partial charge is 0.326 e. The first-order chi connectivity index (χ1) is 9.35. The molecular formula is C12H11Br2NO5. The van der Waals surface area contributed by atoms with Gasteiger partial charge in [0.25, 0.3) is 5.91 Å². The average Bonchev–Trinajstić information content (AvgIpc) is 2.40. The molecule has 0 aliphatic rings. The van der Waals surface area contributed by atoms with E-state index in [9.17, 15) is 14.4 Å². The second-order valence-corrected chi connectivity index (χ2v) is 5.54. The van der Waals surface area contributed by atoms with Gasteiger partial charge in [-0.1, -0.05) is 15.9 Å². The summed E-state index contributed by atoms with van der Waals surface area (Å²) in [5, 5.41) is 11.3. The minimum Gasteiger partial charge on any atom is -0.480 e. The number of benzene rings is 1. The van der Waals surface area contributed by atoms with E-state index in [1.54, 1.807) is 12.1 Å². The summed E-state index contributed by atoms with van der Waals surface area (Å²) >= 11 is 6.42. The van der Waals surface area contributed by atoms with Gasteiger partial charge in [0, 0.05) is 8.95 Å². The molecule has 0 aliphatic heterocycles. The minimum atomic E-state index is -1.35. The Hall–Kier alpha value is -1.41. The van der Waals surface area contributed by atoms with Crippen LogP contribution in [-0.4, -0.2) is 36.1 Å². The lowest BCUT2D eigenvalue weighted by Crippen LogP contribution is -2.42. The molecule has 1 atom stereocenters. The lowest BCUT2D eigenvalue weighted by molar-refractivity contribution is -0.147. The SMILES string of the molecule is COC(=O)C[C@H](NC(=O)c1cc(Br)ccc1Br)C(=O)O. The van der Waals surface area contributed by atoms with Crippen molar-refractivity contribution in [2.75, 3.05) is 7.11 Å². The van der Waals surface area contributed by atoms with Gasteiger partial charge in [-0.25, -0.2) is 4.79 Å². The molecule has 0 bridgehead atoms. The van der Waals surface area contributed by atoms with Crippen LogP contribution < -0.4 is 5.32 Å². The van der Waals surface area contributed by atoms with Gasteiger partial charge in [-0.2, -0.15) is 0 Å². The van der Waals surface area contributed by atoms with Gasteiger partial charge in [0.2, 0.25) is 0 Å². The van der Waals surface area contributed by atoms with E-state index in [1.807, 2.05) is 0 Å². The van der Waals surface area contributed by atoms with Gasteiger partial charge >= 0.3 is 11.9 Å². The van der Waals surface area contributed by atoms with Crippen molar-refractivity contribution in [3.8, 4) is 0 Å². The van der Waals surface area contributed by atoms with Crippen LogP contribution in [0.3, 0.4) is 0 Å². The molecule has 8 heteroatoms. The van der Waals surface area contributed by atoms with E-state index in [0.717, 1.165) is 7.11 Å². The Morgan fingerprint density at radius 1 is 1.35 bits per heavy atom. The van der Waals surface area contributed by atoms with Crippen molar-refractivity contribution in [3.63, 3.8) is 0 Å². The number of esters is 1. The molecule has 0 aliphatic carbocycles. The highest BCUT2D eigenvalue weighted by Crippen LogP contribution is 2.21. The van der Waals surface area contributed by atoms with Crippen molar-refractivity contribution in [1.29, 1.82) is 0 Å². The fraction of sp³-hybridized carbons (Fsp3) is 0.250. The molecule has 0 aromatic heterocycles. The standard InChI is InChI=1S/C12H11Br2NO5/c1-20-10(16)5-9(12(18)19)15-11(17)7-4-6(13)2-3-8(7)14/h2-4,9H,5H2,1H3,(H,15,17)(H,18,19)/t9-/m0/s1. The number of hydrogen-bond donors (Lipinski definition) is 2. The molecule has 108 valence electrons. The quantitative estimate of drug-likeness (QED) is 0.726. The Balaban J connectivity index is 2.88. The van der Waals surface area contributed by atoms with E-state index in [0.29, 0.717) is 8.95 Å². The van der Waals surface area contributed by atoms with Crippen molar-refractivity contribution < 1.29 is 24.2 Å². The number of ether oxygens (including phenoxy) is 1. The van der Waals surface area contributed by atoms with Crippen LogP contribution in [-0.2, 0) is 14.3 Å². The minimum absolute atomic E-state index is 0.260. The Bertz CT molecular complexity index is 547. The number of carboxylic acids is 1. The molecule has 1 aromatic carbocycles. The molecule has 1 amide bonds. The number of carboxylic acid groups (broad SMARTS) is 1. The van der Waals surface area contributed by atoms with Crippen molar-refractivity contribution >= 4 is 49.7 Å². The van der Waals surface area contributed by atoms with E-state index in [1.165, 1.54) is 6.07 Å². The third kappa shape index (κ3) is 4.61. The summed E-state index contributed by atoms with van der Waals surface area (Å²) in [6.45, 7) is 0. The van der Waals surface area contributed by atoms with Gasteiger partial charge in [0.1, 0.15) is 6.04 Å². The zero-order valence-electron chi connectivity index (χ0n) is 10.4. The molecule has 2 N–H and O–H groups in total. The van der Waals surface area contributed by atoms with Crippen molar-refractivity contribution in [3.05, 3.63) is 32.7 Å². The maximum atomic E-state index is 12.0. The summed E-state index contributed by atoms with van der Waals surface area (Å²) < 4.78 is 5.58. The predicted molar refractivity (Wildman–Crippen MR) is 77.4 cm³/mol. The Morgan fingerprint density at radius 3 is 2.55 bits per heavy atom. The van der Waals surface area contributed by atoms with E-state index >= 15 is 0 Å². The van der Waals surface area contributed by atoms with Crippen LogP contribution in [0.5, 0.6) is 0 Å². The van der Waals surface area contributed by atoms with Crippen LogP contribution in [0.15, 0.2) is 27.1 Å². The summed E-state index contributed by atoms with van der Waals surface area (Å²) in [5.74, 6) is -2.63. The van der Waals surface area contributed by atoms with Gasteiger partial charge in [0.05, 0.1) is 19.1 Å². The number of amides is 1. The molecule has 0 fully saturated rings. The molecule has 0 unspecified atom stereocenters. The monoisotopic (exact) mass is 407 g/mol. The third-order valence-corrected chi connectivity index (χ3v) is 3.56. The zero-order chi connectivity index (χ0) is 15.3. The van der Waals surface area contributed by atoms with Gasteiger partial charge in [-0.3, -0.25) is 9.59 Å². The molecule has 20 heavy (non-hydrogen) atoms. The Morgan fingerprint density at radius 2 is 2.00 bits per heavy atom. The maximum absolute atomic E-state index is 12.0. The predicted octanol–water partition coefficient (Wildman–Crippen LogP) is 1.96. The van der Waals surface area contributed by atoms with Gasteiger partial charge in [-0.05, 0) is 34.1 Å². The van der Waals surface area contributed by atoms with Crippen LogP contribution in [0.25, 0.3) is 0 Å². The summed E-state index contributed by atoms with van der Waals surface area (Å²) in [4.78, 5) is 34.2. The molecular weight excluding hydrogens is 398 g/mol. The zero-order valence-corrected chi connectivity index (χ0v) is 13.5. The normalized spacial score (nSPS) is 11.6. The largest absolute Gasteiger partial charge is 0.480 e. The van der Waals surface area contributed by atoms with E-state index in [-0.39, 0.29) is 5.56 Å². The van der Waals surface area contributed by atoms with E-state index in [4.69, 9.17) is 5.11 Å². The summed E-state index contributed by atoms with van der Waals surface area (Å²) in [6, 6.07) is 3.57. The lowest BCUT2D eigenvalue weighted by atomic mass is 10.1. The topological polar surface area (TPSA) is 92.7 Å².